The van der Waals surface area contributed by atoms with E-state index in [4.69, 9.17) is 0 Å². The van der Waals surface area contributed by atoms with E-state index in [9.17, 15) is 4.39 Å². The molecule has 1 aromatic carbocycles. The van der Waals surface area contributed by atoms with Crippen molar-refractivity contribution < 1.29 is 4.39 Å². The molecule has 2 heterocycles. The first-order chi connectivity index (χ1) is 8.75. The monoisotopic (exact) mass is 241 g/mol. The van der Waals surface area contributed by atoms with Gasteiger partial charge in [-0.2, -0.15) is 5.10 Å². The van der Waals surface area contributed by atoms with E-state index in [2.05, 4.69) is 10.1 Å². The van der Waals surface area contributed by atoms with Crippen LogP contribution < -0.4 is 0 Å². The lowest BCUT2D eigenvalue weighted by Gasteiger charge is -2.11. The maximum absolute atomic E-state index is 14.6. The van der Waals surface area contributed by atoms with Gasteiger partial charge in [-0.25, -0.2) is 13.9 Å². The highest BCUT2D eigenvalue weighted by atomic mass is 19.1. The summed E-state index contributed by atoms with van der Waals surface area (Å²) in [4.78, 5) is 4.10. The SMILES string of the molecule is Cc1cc(C(F)c2ccccc2)n2ncnc2c1. The Hall–Kier alpha value is -2.23. The summed E-state index contributed by atoms with van der Waals surface area (Å²) in [5.74, 6) is 0. The molecule has 0 fully saturated rings. The van der Waals surface area contributed by atoms with Gasteiger partial charge >= 0.3 is 0 Å². The number of fused-ring (bicyclic) bond motifs is 1. The number of nitrogens with zero attached hydrogens (tertiary/aromatic N) is 3. The third-order valence-electron chi connectivity index (χ3n) is 2.90. The molecule has 1 unspecified atom stereocenters. The summed E-state index contributed by atoms with van der Waals surface area (Å²) >= 11 is 0. The Labute approximate surface area is 104 Å². The van der Waals surface area contributed by atoms with Crippen LogP contribution in [0.25, 0.3) is 5.65 Å². The fraction of sp³-hybridized carbons (Fsp3) is 0.143. The normalized spacial score (nSPS) is 12.8. The van der Waals surface area contributed by atoms with Gasteiger partial charge in [0, 0.05) is 0 Å². The van der Waals surface area contributed by atoms with Gasteiger partial charge in [-0.1, -0.05) is 30.3 Å². The van der Waals surface area contributed by atoms with Crippen molar-refractivity contribution in [1.82, 2.24) is 14.6 Å². The summed E-state index contributed by atoms with van der Waals surface area (Å²) in [5.41, 5.74) is 2.78. The number of aromatic nitrogens is 3. The smallest absolute Gasteiger partial charge is 0.167 e. The Morgan fingerprint density at radius 1 is 1.17 bits per heavy atom. The van der Waals surface area contributed by atoms with E-state index in [-0.39, 0.29) is 0 Å². The first-order valence-electron chi connectivity index (χ1n) is 5.75. The molecule has 0 bridgehead atoms. The number of rotatable bonds is 2. The van der Waals surface area contributed by atoms with E-state index in [0.29, 0.717) is 16.9 Å². The predicted octanol–water partition coefficient (Wildman–Crippen LogP) is 3.10. The Morgan fingerprint density at radius 2 is 1.94 bits per heavy atom. The van der Waals surface area contributed by atoms with Crippen molar-refractivity contribution in [2.45, 2.75) is 13.1 Å². The molecule has 0 aliphatic rings. The Balaban J connectivity index is 2.17. The molecule has 0 N–H and O–H groups in total. The van der Waals surface area contributed by atoms with Gasteiger partial charge in [0.2, 0.25) is 0 Å². The standard InChI is InChI=1S/C14H12FN3/c1-10-7-12(18-13(8-10)16-9-17-18)14(15)11-5-3-2-4-6-11/h2-9,14H,1H3. The highest BCUT2D eigenvalue weighted by Gasteiger charge is 2.17. The van der Waals surface area contributed by atoms with Crippen LogP contribution in [0.5, 0.6) is 0 Å². The molecule has 0 aliphatic carbocycles. The first kappa shape index (κ1) is 10.9. The van der Waals surface area contributed by atoms with Crippen LogP contribution in [0.4, 0.5) is 4.39 Å². The minimum atomic E-state index is -1.20. The summed E-state index contributed by atoms with van der Waals surface area (Å²) in [7, 11) is 0. The van der Waals surface area contributed by atoms with Crippen LogP contribution in [0.2, 0.25) is 0 Å². The molecule has 0 radical (unpaired) electrons. The zero-order valence-corrected chi connectivity index (χ0v) is 9.92. The van der Waals surface area contributed by atoms with Gasteiger partial charge in [-0.3, -0.25) is 0 Å². The van der Waals surface area contributed by atoms with Gasteiger partial charge in [0.05, 0.1) is 5.69 Å². The summed E-state index contributed by atoms with van der Waals surface area (Å²) in [6.07, 6.45) is 0.242. The van der Waals surface area contributed by atoms with Gasteiger partial charge in [0.1, 0.15) is 6.33 Å². The largest absolute Gasteiger partial charge is 0.235 e. The predicted molar refractivity (Wildman–Crippen MR) is 67.1 cm³/mol. The zero-order chi connectivity index (χ0) is 12.5. The van der Waals surface area contributed by atoms with Crippen LogP contribution in [0.15, 0.2) is 48.8 Å². The highest BCUT2D eigenvalue weighted by molar-refractivity contribution is 5.43. The summed E-state index contributed by atoms with van der Waals surface area (Å²) in [5, 5.41) is 4.07. The molecular formula is C14H12FN3. The molecule has 2 aromatic heterocycles. The molecule has 0 saturated heterocycles. The van der Waals surface area contributed by atoms with Crippen LogP contribution in [-0.4, -0.2) is 14.6 Å². The molecule has 0 amide bonds. The average Bonchev–Trinajstić information content (AvgIpc) is 2.86. The van der Waals surface area contributed by atoms with Crippen molar-refractivity contribution in [1.29, 1.82) is 0 Å². The molecule has 18 heavy (non-hydrogen) atoms. The molecule has 0 aliphatic heterocycles. The Bertz CT molecular complexity index is 676. The van der Waals surface area contributed by atoms with Gasteiger partial charge in [-0.05, 0) is 30.2 Å². The molecule has 3 nitrogen and oxygen atoms in total. The van der Waals surface area contributed by atoms with Crippen LogP contribution in [0, 0.1) is 6.92 Å². The van der Waals surface area contributed by atoms with Crippen LogP contribution >= 0.6 is 0 Å². The number of alkyl halides is 1. The summed E-state index contributed by atoms with van der Waals surface area (Å²) in [6.45, 7) is 1.93. The van der Waals surface area contributed by atoms with Crippen molar-refractivity contribution in [3.8, 4) is 0 Å². The molecule has 0 saturated carbocycles. The lowest BCUT2D eigenvalue weighted by Crippen LogP contribution is -2.04. The quantitative estimate of drug-likeness (QED) is 0.690. The van der Waals surface area contributed by atoms with Crippen LogP contribution in [-0.2, 0) is 0 Å². The Kier molecular flexibility index (Phi) is 2.55. The van der Waals surface area contributed by atoms with Crippen molar-refractivity contribution >= 4 is 5.65 Å². The second-order valence-corrected chi connectivity index (χ2v) is 4.26. The van der Waals surface area contributed by atoms with E-state index < -0.39 is 6.17 Å². The van der Waals surface area contributed by atoms with Gasteiger partial charge in [0.25, 0.3) is 0 Å². The van der Waals surface area contributed by atoms with E-state index in [1.165, 1.54) is 6.33 Å². The second-order valence-electron chi connectivity index (χ2n) is 4.26. The zero-order valence-electron chi connectivity index (χ0n) is 9.92. The fourth-order valence-electron chi connectivity index (χ4n) is 2.06. The minimum absolute atomic E-state index is 0.508. The minimum Gasteiger partial charge on any atom is -0.235 e. The van der Waals surface area contributed by atoms with Crippen molar-refractivity contribution in [3.63, 3.8) is 0 Å². The number of benzene rings is 1. The number of halogens is 1. The van der Waals surface area contributed by atoms with Crippen molar-refractivity contribution in [2.24, 2.45) is 0 Å². The number of pyridine rings is 1. The molecule has 0 spiro atoms. The van der Waals surface area contributed by atoms with Gasteiger partial charge in [-0.15, -0.1) is 0 Å². The summed E-state index contributed by atoms with van der Waals surface area (Å²) in [6, 6.07) is 12.8. The van der Waals surface area contributed by atoms with E-state index in [1.54, 1.807) is 22.7 Å². The lowest BCUT2D eigenvalue weighted by atomic mass is 10.1. The highest BCUT2D eigenvalue weighted by Crippen LogP contribution is 2.26. The topological polar surface area (TPSA) is 30.2 Å². The van der Waals surface area contributed by atoms with E-state index in [1.807, 2.05) is 31.2 Å². The first-order valence-corrected chi connectivity index (χ1v) is 5.75. The molecule has 90 valence electrons. The van der Waals surface area contributed by atoms with Crippen molar-refractivity contribution in [3.05, 3.63) is 65.6 Å². The van der Waals surface area contributed by atoms with Crippen LogP contribution in [0.1, 0.15) is 23.0 Å². The third kappa shape index (κ3) is 1.76. The average molecular weight is 241 g/mol. The van der Waals surface area contributed by atoms with Crippen molar-refractivity contribution in [2.75, 3.05) is 0 Å². The van der Waals surface area contributed by atoms with E-state index >= 15 is 0 Å². The molecule has 4 heteroatoms. The number of hydrogen-bond acceptors (Lipinski definition) is 2. The Morgan fingerprint density at radius 3 is 2.72 bits per heavy atom. The lowest BCUT2D eigenvalue weighted by molar-refractivity contribution is 0.386. The number of aryl methyl sites for hydroxylation is 1. The molecular weight excluding hydrogens is 229 g/mol. The van der Waals surface area contributed by atoms with Gasteiger partial charge in [0.15, 0.2) is 11.8 Å². The molecule has 1 atom stereocenters. The summed E-state index contributed by atoms with van der Waals surface area (Å²) < 4.78 is 16.1. The maximum Gasteiger partial charge on any atom is 0.167 e. The van der Waals surface area contributed by atoms with Crippen LogP contribution in [0.3, 0.4) is 0 Å². The van der Waals surface area contributed by atoms with Gasteiger partial charge < -0.3 is 0 Å². The molecule has 3 aromatic rings. The maximum atomic E-state index is 14.6. The third-order valence-corrected chi connectivity index (χ3v) is 2.90. The number of hydrogen-bond donors (Lipinski definition) is 0. The second kappa shape index (κ2) is 4.22. The molecule has 3 rings (SSSR count). The fourth-order valence-corrected chi connectivity index (χ4v) is 2.06. The van der Waals surface area contributed by atoms with E-state index in [0.717, 1.165) is 5.56 Å².